The summed E-state index contributed by atoms with van der Waals surface area (Å²) in [5.74, 6) is -0.922. The molecule has 0 aliphatic carbocycles. The van der Waals surface area contributed by atoms with Gasteiger partial charge < -0.3 is 4.74 Å². The average molecular weight is 202 g/mol. The first-order valence-electron chi connectivity index (χ1n) is 4.32. The second-order valence-corrected chi connectivity index (χ2v) is 5.14. The molecule has 0 N–H and O–H groups in total. The van der Waals surface area contributed by atoms with E-state index in [9.17, 15) is 9.59 Å². The van der Waals surface area contributed by atoms with E-state index in [1.807, 2.05) is 13.8 Å². The standard InChI is InChI=1S/C9H14O3S/c1-5-4-7(10)8(6(2)13-5)9(11)12-3/h5-6,8H,4H2,1-3H3/t5-,6-,8-/m0/s1. The molecule has 3 nitrogen and oxygen atoms in total. The molecule has 13 heavy (non-hydrogen) atoms. The Labute approximate surface area is 82.2 Å². The van der Waals surface area contributed by atoms with E-state index >= 15 is 0 Å². The van der Waals surface area contributed by atoms with Gasteiger partial charge in [-0.3, -0.25) is 9.59 Å². The molecule has 1 saturated heterocycles. The molecule has 1 fully saturated rings. The van der Waals surface area contributed by atoms with Crippen LogP contribution in [0.2, 0.25) is 0 Å². The number of ether oxygens (including phenoxy) is 1. The van der Waals surface area contributed by atoms with Crippen molar-refractivity contribution in [2.45, 2.75) is 30.8 Å². The van der Waals surface area contributed by atoms with Crippen LogP contribution in [-0.2, 0) is 14.3 Å². The van der Waals surface area contributed by atoms with Gasteiger partial charge in [0, 0.05) is 16.9 Å². The van der Waals surface area contributed by atoms with Crippen LogP contribution in [0.25, 0.3) is 0 Å². The van der Waals surface area contributed by atoms with Crippen molar-refractivity contribution in [3.8, 4) is 0 Å². The molecule has 0 spiro atoms. The third-order valence-corrected chi connectivity index (χ3v) is 3.54. The van der Waals surface area contributed by atoms with Gasteiger partial charge in [0.15, 0.2) is 0 Å². The Kier molecular flexibility index (Phi) is 3.36. The van der Waals surface area contributed by atoms with Crippen LogP contribution in [0, 0.1) is 5.92 Å². The average Bonchev–Trinajstić information content (AvgIpc) is 2.02. The Morgan fingerprint density at radius 1 is 1.54 bits per heavy atom. The molecule has 0 aromatic heterocycles. The summed E-state index contributed by atoms with van der Waals surface area (Å²) < 4.78 is 4.59. The Hall–Kier alpha value is -0.510. The summed E-state index contributed by atoms with van der Waals surface area (Å²) in [6.07, 6.45) is 0.481. The topological polar surface area (TPSA) is 43.4 Å². The van der Waals surface area contributed by atoms with Gasteiger partial charge in [-0.05, 0) is 0 Å². The minimum Gasteiger partial charge on any atom is -0.468 e. The summed E-state index contributed by atoms with van der Waals surface area (Å²) in [5.41, 5.74) is 0. The summed E-state index contributed by atoms with van der Waals surface area (Å²) in [4.78, 5) is 22.7. The summed E-state index contributed by atoms with van der Waals surface area (Å²) in [6.45, 7) is 3.91. The highest BCUT2D eigenvalue weighted by molar-refractivity contribution is 8.00. The number of hydrogen-bond donors (Lipinski definition) is 0. The Morgan fingerprint density at radius 3 is 2.62 bits per heavy atom. The molecule has 1 heterocycles. The Bertz CT molecular complexity index is 227. The Balaban J connectivity index is 2.72. The van der Waals surface area contributed by atoms with Crippen LogP contribution in [0.4, 0.5) is 0 Å². The second-order valence-electron chi connectivity index (χ2n) is 3.32. The summed E-state index contributed by atoms with van der Waals surface area (Å²) in [7, 11) is 1.32. The molecule has 0 unspecified atom stereocenters. The molecule has 74 valence electrons. The van der Waals surface area contributed by atoms with Gasteiger partial charge in [0.1, 0.15) is 11.7 Å². The van der Waals surface area contributed by atoms with E-state index in [0.29, 0.717) is 11.7 Å². The molecule has 0 bridgehead atoms. The zero-order chi connectivity index (χ0) is 10.0. The molecule has 0 aromatic carbocycles. The minimum absolute atomic E-state index is 0.0191. The summed E-state index contributed by atoms with van der Waals surface area (Å²) >= 11 is 1.68. The summed E-state index contributed by atoms with van der Waals surface area (Å²) in [5, 5.41) is 0.368. The first-order valence-corrected chi connectivity index (χ1v) is 5.26. The third-order valence-electron chi connectivity index (χ3n) is 2.21. The number of Topliss-reactive ketones (excluding diaryl/α,β-unsaturated/α-hetero) is 1. The maximum absolute atomic E-state index is 11.5. The van der Waals surface area contributed by atoms with Gasteiger partial charge in [-0.25, -0.2) is 0 Å². The number of rotatable bonds is 1. The fourth-order valence-electron chi connectivity index (χ4n) is 1.62. The van der Waals surface area contributed by atoms with E-state index in [2.05, 4.69) is 4.74 Å². The van der Waals surface area contributed by atoms with Crippen molar-refractivity contribution in [1.29, 1.82) is 0 Å². The SMILES string of the molecule is COC(=O)[C@@H]1C(=O)C[C@H](C)S[C@H]1C. The maximum Gasteiger partial charge on any atom is 0.317 e. The molecular formula is C9H14O3S. The predicted octanol–water partition coefficient (Wildman–Crippen LogP) is 1.26. The normalized spacial score (nSPS) is 34.4. The maximum atomic E-state index is 11.5. The van der Waals surface area contributed by atoms with Crippen molar-refractivity contribution >= 4 is 23.5 Å². The van der Waals surface area contributed by atoms with Crippen LogP contribution in [0.5, 0.6) is 0 Å². The molecule has 0 aromatic rings. The van der Waals surface area contributed by atoms with Crippen LogP contribution < -0.4 is 0 Å². The number of esters is 1. The molecule has 1 aliphatic rings. The second kappa shape index (κ2) is 4.13. The number of methoxy groups -OCH3 is 1. The molecule has 1 aliphatic heterocycles. The van der Waals surface area contributed by atoms with Crippen LogP contribution in [0.1, 0.15) is 20.3 Å². The fourth-order valence-corrected chi connectivity index (χ4v) is 3.03. The van der Waals surface area contributed by atoms with E-state index in [1.54, 1.807) is 11.8 Å². The van der Waals surface area contributed by atoms with E-state index in [1.165, 1.54) is 7.11 Å². The summed E-state index contributed by atoms with van der Waals surface area (Å²) in [6, 6.07) is 0. The van der Waals surface area contributed by atoms with Crippen LogP contribution in [0.3, 0.4) is 0 Å². The minimum atomic E-state index is -0.550. The van der Waals surface area contributed by atoms with Gasteiger partial charge in [0.05, 0.1) is 7.11 Å². The van der Waals surface area contributed by atoms with E-state index in [-0.39, 0.29) is 11.0 Å². The molecule has 0 radical (unpaired) electrons. The molecule has 0 saturated carbocycles. The first kappa shape index (κ1) is 10.6. The quantitative estimate of drug-likeness (QED) is 0.474. The van der Waals surface area contributed by atoms with Crippen molar-refractivity contribution in [2.24, 2.45) is 5.92 Å². The van der Waals surface area contributed by atoms with Crippen LogP contribution in [0.15, 0.2) is 0 Å². The number of hydrogen-bond acceptors (Lipinski definition) is 4. The lowest BCUT2D eigenvalue weighted by atomic mass is 9.96. The van der Waals surface area contributed by atoms with E-state index in [4.69, 9.17) is 0 Å². The van der Waals surface area contributed by atoms with Gasteiger partial charge in [0.2, 0.25) is 0 Å². The molecule has 3 atom stereocenters. The third kappa shape index (κ3) is 2.24. The van der Waals surface area contributed by atoms with Crippen molar-refractivity contribution in [3.05, 3.63) is 0 Å². The zero-order valence-corrected chi connectivity index (χ0v) is 8.89. The van der Waals surface area contributed by atoms with Gasteiger partial charge in [-0.15, -0.1) is 0 Å². The first-order chi connectivity index (χ1) is 6.06. The highest BCUT2D eigenvalue weighted by Crippen LogP contribution is 2.33. The largest absolute Gasteiger partial charge is 0.468 e. The van der Waals surface area contributed by atoms with Crippen LogP contribution in [-0.4, -0.2) is 29.4 Å². The van der Waals surface area contributed by atoms with Gasteiger partial charge in [-0.2, -0.15) is 11.8 Å². The molecule has 4 heteroatoms. The number of thioether (sulfide) groups is 1. The van der Waals surface area contributed by atoms with Gasteiger partial charge >= 0.3 is 5.97 Å². The smallest absolute Gasteiger partial charge is 0.317 e. The molecule has 1 rings (SSSR count). The lowest BCUT2D eigenvalue weighted by molar-refractivity contribution is -0.149. The van der Waals surface area contributed by atoms with Crippen molar-refractivity contribution in [3.63, 3.8) is 0 Å². The van der Waals surface area contributed by atoms with Crippen molar-refractivity contribution < 1.29 is 14.3 Å². The fraction of sp³-hybridized carbons (Fsp3) is 0.778. The Morgan fingerprint density at radius 2 is 2.15 bits per heavy atom. The van der Waals surface area contributed by atoms with Crippen LogP contribution >= 0.6 is 11.8 Å². The van der Waals surface area contributed by atoms with Gasteiger partial charge in [-0.1, -0.05) is 13.8 Å². The highest BCUT2D eigenvalue weighted by atomic mass is 32.2. The molecule has 0 amide bonds. The molecular weight excluding hydrogens is 188 g/mol. The number of carbonyl (C=O) groups excluding carboxylic acids is 2. The van der Waals surface area contributed by atoms with Crippen molar-refractivity contribution in [2.75, 3.05) is 7.11 Å². The predicted molar refractivity (Wildman–Crippen MR) is 51.6 cm³/mol. The van der Waals surface area contributed by atoms with E-state index < -0.39 is 11.9 Å². The lowest BCUT2D eigenvalue weighted by Gasteiger charge is -2.28. The zero-order valence-electron chi connectivity index (χ0n) is 8.07. The highest BCUT2D eigenvalue weighted by Gasteiger charge is 2.38. The number of ketones is 1. The van der Waals surface area contributed by atoms with E-state index in [0.717, 1.165) is 0 Å². The van der Waals surface area contributed by atoms with Crippen molar-refractivity contribution in [1.82, 2.24) is 0 Å². The van der Waals surface area contributed by atoms with Gasteiger partial charge in [0.25, 0.3) is 0 Å². The monoisotopic (exact) mass is 202 g/mol. The lowest BCUT2D eigenvalue weighted by Crippen LogP contribution is -2.38. The number of carbonyl (C=O) groups is 2.